The lowest BCUT2D eigenvalue weighted by Gasteiger charge is -2.31. The largest absolute Gasteiger partial charge is 0.497 e. The number of nitrogens with zero attached hydrogens (tertiary/aromatic N) is 1. The van der Waals surface area contributed by atoms with Crippen LogP contribution in [0.4, 0.5) is 0 Å². The first kappa shape index (κ1) is 23.0. The van der Waals surface area contributed by atoms with E-state index in [2.05, 4.69) is 4.98 Å². The van der Waals surface area contributed by atoms with E-state index in [1.165, 1.54) is 16.8 Å². The summed E-state index contributed by atoms with van der Waals surface area (Å²) in [5.41, 5.74) is -0.993. The number of carbonyl (C=O) groups is 1. The van der Waals surface area contributed by atoms with E-state index in [1.807, 2.05) is 24.3 Å². The topological polar surface area (TPSA) is 118 Å². The molecule has 0 radical (unpaired) electrons. The molecule has 0 amide bonds. The molecule has 1 N–H and O–H groups in total. The number of fused-ring (bicyclic) bond motifs is 2. The van der Waals surface area contributed by atoms with E-state index in [0.717, 1.165) is 11.3 Å². The number of methoxy groups -OCH3 is 1. The zero-order chi connectivity index (χ0) is 24.4. The van der Waals surface area contributed by atoms with Crippen molar-refractivity contribution in [1.29, 1.82) is 0 Å². The van der Waals surface area contributed by atoms with E-state index in [0.29, 0.717) is 5.56 Å². The second kappa shape index (κ2) is 9.49. The lowest BCUT2D eigenvalue weighted by molar-refractivity contribution is -0.189. The van der Waals surface area contributed by atoms with Crippen LogP contribution in [0.2, 0.25) is 0 Å². The predicted molar refractivity (Wildman–Crippen MR) is 122 cm³/mol. The number of ether oxygens (including phenoxy) is 5. The normalized spacial score (nSPS) is 24.9. The molecule has 0 unspecified atom stereocenters. The molecule has 0 saturated carbocycles. The number of rotatable bonds is 8. The molecule has 182 valence electrons. The summed E-state index contributed by atoms with van der Waals surface area (Å²) < 4.78 is 30.5. The van der Waals surface area contributed by atoms with Crippen LogP contribution in [0.15, 0.2) is 76.4 Å². The second-order valence-electron chi connectivity index (χ2n) is 8.39. The average Bonchev–Trinajstić information content (AvgIpc) is 3.39. The van der Waals surface area contributed by atoms with E-state index in [9.17, 15) is 14.4 Å². The number of H-pyrrole nitrogens is 1. The van der Waals surface area contributed by atoms with Crippen molar-refractivity contribution in [2.45, 2.75) is 30.6 Å². The molecule has 0 aliphatic carbocycles. The third kappa shape index (κ3) is 4.51. The fourth-order valence-corrected chi connectivity index (χ4v) is 4.35. The number of hydrogen-bond acceptors (Lipinski definition) is 8. The van der Waals surface area contributed by atoms with Crippen molar-refractivity contribution < 1.29 is 28.5 Å². The molecule has 10 nitrogen and oxygen atoms in total. The van der Waals surface area contributed by atoms with Crippen LogP contribution < -0.4 is 16.0 Å². The van der Waals surface area contributed by atoms with E-state index in [4.69, 9.17) is 23.7 Å². The highest BCUT2D eigenvalue weighted by Gasteiger charge is 2.64. The molecule has 3 heterocycles. The Morgan fingerprint density at radius 3 is 2.60 bits per heavy atom. The highest BCUT2D eigenvalue weighted by atomic mass is 16.7. The fraction of sp³-hybridized carbons (Fsp3) is 0.320. The lowest BCUT2D eigenvalue weighted by atomic mass is 10.00. The maximum Gasteiger partial charge on any atom is 0.338 e. The SMILES string of the molecule is COc1ccc(CO[C@H]2[C@H]3OC[C@]2(COC(=O)c2ccccc2)O[C@H]3n2ccc(=O)[nH]c2=O)cc1. The minimum absolute atomic E-state index is 0.113. The molecular formula is C25H24N2O8. The van der Waals surface area contributed by atoms with Gasteiger partial charge in [0.25, 0.3) is 5.56 Å². The fourth-order valence-electron chi connectivity index (χ4n) is 4.35. The molecule has 2 aromatic carbocycles. The zero-order valence-corrected chi connectivity index (χ0v) is 18.9. The Bertz CT molecular complexity index is 1300. The number of esters is 1. The number of aromatic nitrogens is 2. The number of aromatic amines is 1. The summed E-state index contributed by atoms with van der Waals surface area (Å²) in [6, 6.07) is 17.3. The summed E-state index contributed by atoms with van der Waals surface area (Å²) in [5, 5.41) is 0. The van der Waals surface area contributed by atoms with Gasteiger partial charge in [-0.15, -0.1) is 0 Å². The molecule has 2 aliphatic rings. The molecule has 10 heteroatoms. The first-order valence-electron chi connectivity index (χ1n) is 11.1. The number of benzene rings is 2. The molecule has 5 rings (SSSR count). The molecule has 35 heavy (non-hydrogen) atoms. The van der Waals surface area contributed by atoms with Crippen LogP contribution in [-0.2, 0) is 25.6 Å². The standard InChI is InChI=1S/C25H24N2O8/c1-31-18-9-7-16(8-10-18)13-32-21-20-22(27-12-11-19(28)26-24(27)30)35-25(21,14-33-20)15-34-23(29)17-5-3-2-4-6-17/h2-12,20-22H,13-15H2,1H3,(H,26,28,30)/t20-,21+,22-,25-/m1/s1. The number of nitrogens with one attached hydrogen (secondary N) is 1. The Hall–Kier alpha value is -3.73. The van der Waals surface area contributed by atoms with Gasteiger partial charge in [-0.2, -0.15) is 0 Å². The molecular weight excluding hydrogens is 456 g/mol. The number of carbonyl (C=O) groups excluding carboxylic acids is 1. The molecule has 2 saturated heterocycles. The Balaban J connectivity index is 1.39. The van der Waals surface area contributed by atoms with E-state index in [-0.39, 0.29) is 19.8 Å². The van der Waals surface area contributed by atoms with Gasteiger partial charge in [0.05, 0.1) is 25.9 Å². The van der Waals surface area contributed by atoms with Crippen molar-refractivity contribution in [3.8, 4) is 5.75 Å². The molecule has 2 bridgehead atoms. The zero-order valence-electron chi connectivity index (χ0n) is 18.9. The van der Waals surface area contributed by atoms with Crippen LogP contribution in [0.1, 0.15) is 22.1 Å². The molecule has 3 aromatic rings. The van der Waals surface area contributed by atoms with Gasteiger partial charge in [0, 0.05) is 12.3 Å². The minimum Gasteiger partial charge on any atom is -0.497 e. The van der Waals surface area contributed by atoms with Crippen LogP contribution >= 0.6 is 0 Å². The second-order valence-corrected chi connectivity index (χ2v) is 8.39. The number of hydrogen-bond donors (Lipinski definition) is 1. The van der Waals surface area contributed by atoms with Crippen molar-refractivity contribution in [2.75, 3.05) is 20.3 Å². The van der Waals surface area contributed by atoms with Crippen LogP contribution in [0, 0.1) is 0 Å². The summed E-state index contributed by atoms with van der Waals surface area (Å²) in [5.74, 6) is 0.216. The van der Waals surface area contributed by atoms with Gasteiger partial charge >= 0.3 is 11.7 Å². The molecule has 1 aromatic heterocycles. The Morgan fingerprint density at radius 2 is 1.89 bits per heavy atom. The van der Waals surface area contributed by atoms with Crippen molar-refractivity contribution in [3.05, 3.63) is 98.8 Å². The first-order valence-corrected chi connectivity index (χ1v) is 11.1. The van der Waals surface area contributed by atoms with Gasteiger partial charge in [0.1, 0.15) is 24.6 Å². The van der Waals surface area contributed by atoms with E-state index < -0.39 is 41.3 Å². The molecule has 4 atom stereocenters. The third-order valence-corrected chi connectivity index (χ3v) is 6.14. The smallest absolute Gasteiger partial charge is 0.338 e. The van der Waals surface area contributed by atoms with Crippen LogP contribution in [-0.4, -0.2) is 53.7 Å². The van der Waals surface area contributed by atoms with Crippen molar-refractivity contribution in [1.82, 2.24) is 9.55 Å². The maximum absolute atomic E-state index is 12.6. The third-order valence-electron chi connectivity index (χ3n) is 6.14. The monoisotopic (exact) mass is 480 g/mol. The van der Waals surface area contributed by atoms with Gasteiger partial charge in [0.15, 0.2) is 11.8 Å². The van der Waals surface area contributed by atoms with E-state index >= 15 is 0 Å². The van der Waals surface area contributed by atoms with Gasteiger partial charge in [-0.05, 0) is 29.8 Å². The van der Waals surface area contributed by atoms with Crippen LogP contribution in [0.3, 0.4) is 0 Å². The van der Waals surface area contributed by atoms with Crippen molar-refractivity contribution >= 4 is 5.97 Å². The lowest BCUT2D eigenvalue weighted by Crippen LogP contribution is -2.47. The first-order chi connectivity index (χ1) is 17.0. The Morgan fingerprint density at radius 1 is 1.11 bits per heavy atom. The quantitative estimate of drug-likeness (QED) is 0.484. The van der Waals surface area contributed by atoms with Gasteiger partial charge in [-0.3, -0.25) is 14.3 Å². The van der Waals surface area contributed by atoms with Gasteiger partial charge in [-0.1, -0.05) is 30.3 Å². The summed E-state index contributed by atoms with van der Waals surface area (Å²) in [7, 11) is 1.59. The molecule has 2 aliphatic heterocycles. The van der Waals surface area contributed by atoms with Crippen LogP contribution in [0.5, 0.6) is 5.75 Å². The minimum atomic E-state index is -1.14. The average molecular weight is 480 g/mol. The van der Waals surface area contributed by atoms with Gasteiger partial charge < -0.3 is 23.7 Å². The predicted octanol–water partition coefficient (Wildman–Crippen LogP) is 1.65. The summed E-state index contributed by atoms with van der Waals surface area (Å²) >= 11 is 0. The molecule has 0 spiro atoms. The maximum atomic E-state index is 12.6. The highest BCUT2D eigenvalue weighted by Crippen LogP contribution is 2.46. The highest BCUT2D eigenvalue weighted by molar-refractivity contribution is 5.89. The Labute approximate surface area is 200 Å². The summed E-state index contributed by atoms with van der Waals surface area (Å²) in [6.07, 6.45) is -0.825. The van der Waals surface area contributed by atoms with Crippen molar-refractivity contribution in [3.63, 3.8) is 0 Å². The summed E-state index contributed by atoms with van der Waals surface area (Å²) in [6.45, 7) is 0.209. The van der Waals surface area contributed by atoms with Gasteiger partial charge in [-0.25, -0.2) is 9.59 Å². The summed E-state index contributed by atoms with van der Waals surface area (Å²) in [4.78, 5) is 38.8. The molecule has 2 fully saturated rings. The van der Waals surface area contributed by atoms with Crippen molar-refractivity contribution in [2.24, 2.45) is 0 Å². The van der Waals surface area contributed by atoms with E-state index in [1.54, 1.807) is 37.4 Å². The Kier molecular flexibility index (Phi) is 6.25. The van der Waals surface area contributed by atoms with Gasteiger partial charge in [0.2, 0.25) is 0 Å². The van der Waals surface area contributed by atoms with Crippen LogP contribution in [0.25, 0.3) is 0 Å².